The first-order valence-corrected chi connectivity index (χ1v) is 9.01. The van der Waals surface area contributed by atoms with Crippen molar-refractivity contribution in [3.63, 3.8) is 0 Å². The third-order valence-corrected chi connectivity index (χ3v) is 5.07. The van der Waals surface area contributed by atoms with Crippen LogP contribution in [0.2, 0.25) is 0 Å². The molecule has 0 radical (unpaired) electrons. The van der Waals surface area contributed by atoms with E-state index in [-0.39, 0.29) is 17.8 Å². The zero-order chi connectivity index (χ0) is 19.7. The number of ether oxygens (including phenoxy) is 1. The number of anilines is 1. The summed E-state index contributed by atoms with van der Waals surface area (Å²) in [7, 11) is 1.99. The molecule has 0 unspecified atom stereocenters. The fourth-order valence-corrected chi connectivity index (χ4v) is 3.58. The quantitative estimate of drug-likeness (QED) is 0.639. The molecule has 1 aliphatic rings. The van der Waals surface area contributed by atoms with Crippen LogP contribution in [0.1, 0.15) is 19.4 Å². The molecule has 0 saturated heterocycles. The monoisotopic (exact) mass is 375 g/mol. The van der Waals surface area contributed by atoms with Gasteiger partial charge in [-0.05, 0) is 46.3 Å². The van der Waals surface area contributed by atoms with Crippen molar-refractivity contribution in [3.8, 4) is 11.4 Å². The Morgan fingerprint density at radius 2 is 1.89 bits per heavy atom. The lowest BCUT2D eigenvalue weighted by Gasteiger charge is -2.23. The van der Waals surface area contributed by atoms with Gasteiger partial charge in [-0.2, -0.15) is 0 Å². The van der Waals surface area contributed by atoms with Gasteiger partial charge in [-0.3, -0.25) is 4.79 Å². The Balaban J connectivity index is 1.45. The second kappa shape index (κ2) is 6.92. The molecule has 0 saturated carbocycles. The van der Waals surface area contributed by atoms with Crippen LogP contribution in [0.5, 0.6) is 5.75 Å². The van der Waals surface area contributed by atoms with Gasteiger partial charge in [0.2, 0.25) is 0 Å². The number of hydrogen-bond acceptors (Lipinski definition) is 6. The van der Waals surface area contributed by atoms with Crippen LogP contribution >= 0.6 is 0 Å². The number of para-hydroxylation sites is 1. The van der Waals surface area contributed by atoms with Crippen LogP contribution in [0.4, 0.5) is 5.69 Å². The first-order valence-electron chi connectivity index (χ1n) is 9.01. The first kappa shape index (κ1) is 17.9. The molecule has 3 aromatic rings. The van der Waals surface area contributed by atoms with Crippen LogP contribution in [0.15, 0.2) is 66.6 Å². The maximum Gasteiger partial charge on any atom is 0.194 e. The van der Waals surface area contributed by atoms with E-state index in [4.69, 9.17) is 4.74 Å². The molecule has 1 aromatic heterocycles. The molecule has 0 aliphatic carbocycles. The first-order chi connectivity index (χ1) is 13.5. The van der Waals surface area contributed by atoms with E-state index in [0.717, 1.165) is 17.1 Å². The number of aromatic nitrogens is 4. The molecule has 0 bridgehead atoms. The van der Waals surface area contributed by atoms with E-state index in [2.05, 4.69) is 46.4 Å². The van der Waals surface area contributed by atoms with Crippen molar-refractivity contribution in [2.75, 3.05) is 18.6 Å². The van der Waals surface area contributed by atoms with Crippen molar-refractivity contribution in [2.45, 2.75) is 19.3 Å². The summed E-state index contributed by atoms with van der Waals surface area (Å²) in [4.78, 5) is 14.6. The van der Waals surface area contributed by atoms with E-state index in [1.165, 1.54) is 11.9 Å². The lowest BCUT2D eigenvalue weighted by atomic mass is 9.83. The van der Waals surface area contributed by atoms with E-state index in [1.807, 2.05) is 31.3 Å². The van der Waals surface area contributed by atoms with Crippen molar-refractivity contribution < 1.29 is 9.53 Å². The summed E-state index contributed by atoms with van der Waals surface area (Å²) in [6, 6.07) is 15.5. The number of rotatable bonds is 5. The molecule has 7 heteroatoms. The average molecular weight is 375 g/mol. The van der Waals surface area contributed by atoms with Gasteiger partial charge in [-0.25, -0.2) is 4.68 Å². The predicted molar refractivity (Wildman–Crippen MR) is 106 cm³/mol. The number of nitrogens with zero attached hydrogens (tertiary/aromatic N) is 5. The summed E-state index contributed by atoms with van der Waals surface area (Å²) in [6.45, 7) is 4.24. The molecule has 0 atom stereocenters. The Hall–Kier alpha value is -3.48. The lowest BCUT2D eigenvalue weighted by molar-refractivity contribution is -0.116. The second-order valence-electron chi connectivity index (χ2n) is 7.23. The zero-order valence-electron chi connectivity index (χ0n) is 16.0. The maximum absolute atomic E-state index is 12.6. The van der Waals surface area contributed by atoms with Crippen LogP contribution < -0.4 is 9.64 Å². The highest BCUT2D eigenvalue weighted by atomic mass is 16.5. The van der Waals surface area contributed by atoms with Crippen molar-refractivity contribution in [1.82, 2.24) is 20.2 Å². The van der Waals surface area contributed by atoms with Crippen LogP contribution in [-0.4, -0.2) is 39.6 Å². The second-order valence-corrected chi connectivity index (χ2v) is 7.23. The third-order valence-electron chi connectivity index (χ3n) is 5.07. The van der Waals surface area contributed by atoms with E-state index >= 15 is 0 Å². The number of allylic oxidation sites excluding steroid dienone is 1. The van der Waals surface area contributed by atoms with Gasteiger partial charge in [0.25, 0.3) is 0 Å². The van der Waals surface area contributed by atoms with Crippen molar-refractivity contribution in [1.29, 1.82) is 0 Å². The van der Waals surface area contributed by atoms with Crippen LogP contribution in [0, 0.1) is 0 Å². The topological polar surface area (TPSA) is 73.1 Å². The number of likely N-dealkylation sites (N-methyl/N-ethyl adjacent to an activating group) is 1. The van der Waals surface area contributed by atoms with Crippen molar-refractivity contribution in [3.05, 3.63) is 72.2 Å². The molecule has 142 valence electrons. The molecular weight excluding hydrogens is 354 g/mol. The molecule has 1 aliphatic heterocycles. The number of ketones is 1. The van der Waals surface area contributed by atoms with E-state index in [0.29, 0.717) is 5.75 Å². The molecule has 0 amide bonds. The molecule has 2 heterocycles. The molecular formula is C21H21N5O2. The minimum Gasteiger partial charge on any atom is -0.485 e. The number of benzene rings is 2. The minimum atomic E-state index is -0.228. The highest BCUT2D eigenvalue weighted by Crippen LogP contribution is 2.46. The summed E-state index contributed by atoms with van der Waals surface area (Å²) in [5.41, 5.74) is 3.91. The van der Waals surface area contributed by atoms with E-state index < -0.39 is 0 Å². The molecule has 0 fully saturated rings. The highest BCUT2D eigenvalue weighted by molar-refractivity contribution is 5.93. The third kappa shape index (κ3) is 3.15. The normalized spacial score (nSPS) is 16.2. The molecule has 0 spiro atoms. The van der Waals surface area contributed by atoms with Gasteiger partial charge in [0.05, 0.1) is 5.69 Å². The van der Waals surface area contributed by atoms with Crippen LogP contribution in [0.25, 0.3) is 5.69 Å². The molecule has 28 heavy (non-hydrogen) atoms. The lowest BCUT2D eigenvalue weighted by Crippen LogP contribution is -2.25. The summed E-state index contributed by atoms with van der Waals surface area (Å²) in [5.74, 6) is 0.540. The number of carbonyl (C=O) groups is 1. The summed E-state index contributed by atoms with van der Waals surface area (Å²) < 4.78 is 7.21. The van der Waals surface area contributed by atoms with Crippen molar-refractivity contribution >= 4 is 11.5 Å². The number of tetrazole rings is 1. The van der Waals surface area contributed by atoms with Gasteiger partial charge in [-0.15, -0.1) is 5.10 Å². The summed E-state index contributed by atoms with van der Waals surface area (Å²) in [6.07, 6.45) is 3.21. The fraction of sp³-hybridized carbons (Fsp3) is 0.238. The van der Waals surface area contributed by atoms with Gasteiger partial charge >= 0.3 is 0 Å². The Morgan fingerprint density at radius 1 is 1.14 bits per heavy atom. The fourth-order valence-electron chi connectivity index (χ4n) is 3.58. The number of hydrogen-bond donors (Lipinski definition) is 0. The Labute approximate surface area is 163 Å². The Bertz CT molecular complexity index is 1020. The molecule has 4 rings (SSSR count). The van der Waals surface area contributed by atoms with E-state index in [9.17, 15) is 4.79 Å². The largest absolute Gasteiger partial charge is 0.485 e. The van der Waals surface area contributed by atoms with Crippen LogP contribution in [-0.2, 0) is 10.2 Å². The summed E-state index contributed by atoms with van der Waals surface area (Å²) in [5, 5.41) is 11.1. The minimum absolute atomic E-state index is 0.0198. The predicted octanol–water partition coefficient (Wildman–Crippen LogP) is 2.92. The van der Waals surface area contributed by atoms with Gasteiger partial charge in [0.15, 0.2) is 12.4 Å². The average Bonchev–Trinajstić information content (AvgIpc) is 3.30. The SMILES string of the molecule is CN1/C(=C\C(=O)COc2ccc(-n3cnnn3)cc2)C(C)(C)c2ccccc21. The van der Waals surface area contributed by atoms with Gasteiger partial charge in [0.1, 0.15) is 12.1 Å². The molecule has 2 aromatic carbocycles. The maximum atomic E-state index is 12.6. The number of fused-ring (bicyclic) bond motifs is 1. The van der Waals surface area contributed by atoms with E-state index in [1.54, 1.807) is 22.9 Å². The van der Waals surface area contributed by atoms with Gasteiger partial charge in [-0.1, -0.05) is 32.0 Å². The smallest absolute Gasteiger partial charge is 0.194 e. The molecule has 0 N–H and O–H groups in total. The van der Waals surface area contributed by atoms with Gasteiger partial charge in [0, 0.05) is 29.9 Å². The zero-order valence-corrected chi connectivity index (χ0v) is 16.0. The van der Waals surface area contributed by atoms with Crippen molar-refractivity contribution in [2.24, 2.45) is 0 Å². The Morgan fingerprint density at radius 3 is 2.57 bits per heavy atom. The highest BCUT2D eigenvalue weighted by Gasteiger charge is 2.38. The summed E-state index contributed by atoms with van der Waals surface area (Å²) >= 11 is 0. The molecule has 7 nitrogen and oxygen atoms in total. The van der Waals surface area contributed by atoms with Gasteiger partial charge < -0.3 is 9.64 Å². The Kier molecular flexibility index (Phi) is 4.43. The number of carbonyl (C=O) groups excluding carboxylic acids is 1. The standard InChI is InChI=1S/C21H21N5O2/c1-21(2)18-6-4-5-7-19(18)25(3)20(21)12-16(27)13-28-17-10-8-15(9-11-17)26-14-22-23-24-26/h4-12,14H,13H2,1-3H3/b20-12-. The van der Waals surface area contributed by atoms with Crippen LogP contribution in [0.3, 0.4) is 0 Å².